The Morgan fingerprint density at radius 1 is 1.35 bits per heavy atom. The van der Waals surface area contributed by atoms with Crippen LogP contribution in [0.15, 0.2) is 0 Å². The van der Waals surface area contributed by atoms with E-state index < -0.39 is 0 Å². The summed E-state index contributed by atoms with van der Waals surface area (Å²) in [4.78, 5) is 2.60. The first kappa shape index (κ1) is 13.3. The van der Waals surface area contributed by atoms with Gasteiger partial charge in [-0.05, 0) is 50.7 Å². The number of nitrogens with zero attached hydrogens (tertiary/aromatic N) is 1. The molecule has 1 N–H and O–H groups in total. The van der Waals surface area contributed by atoms with E-state index in [9.17, 15) is 0 Å². The molecule has 1 atom stereocenters. The number of rotatable bonds is 5. The molecular formula is C14H28N2O. The Morgan fingerprint density at radius 2 is 2.12 bits per heavy atom. The van der Waals surface area contributed by atoms with Crippen LogP contribution in [-0.2, 0) is 4.74 Å². The van der Waals surface area contributed by atoms with Crippen molar-refractivity contribution >= 4 is 0 Å². The van der Waals surface area contributed by atoms with Crippen LogP contribution in [0.5, 0.6) is 0 Å². The summed E-state index contributed by atoms with van der Waals surface area (Å²) in [5.41, 5.74) is 0.514. The first-order valence-electron chi connectivity index (χ1n) is 7.26. The summed E-state index contributed by atoms with van der Waals surface area (Å²) in [7, 11) is 0. The van der Waals surface area contributed by atoms with E-state index in [0.717, 1.165) is 19.7 Å². The van der Waals surface area contributed by atoms with Gasteiger partial charge in [-0.2, -0.15) is 0 Å². The molecule has 2 saturated heterocycles. The molecule has 0 aromatic heterocycles. The molecule has 17 heavy (non-hydrogen) atoms. The van der Waals surface area contributed by atoms with Crippen LogP contribution in [0.1, 0.15) is 39.5 Å². The van der Waals surface area contributed by atoms with Crippen LogP contribution in [-0.4, -0.2) is 50.3 Å². The van der Waals surface area contributed by atoms with Crippen molar-refractivity contribution in [3.8, 4) is 0 Å². The van der Waals surface area contributed by atoms with Crippen LogP contribution in [0.3, 0.4) is 0 Å². The Bertz CT molecular complexity index is 220. The molecular weight excluding hydrogens is 212 g/mol. The number of likely N-dealkylation sites (N-methyl/N-ethyl adjacent to an activating group) is 1. The van der Waals surface area contributed by atoms with Gasteiger partial charge in [-0.1, -0.05) is 13.8 Å². The van der Waals surface area contributed by atoms with Gasteiger partial charge < -0.3 is 15.0 Å². The van der Waals surface area contributed by atoms with Crippen molar-refractivity contribution in [3.63, 3.8) is 0 Å². The van der Waals surface area contributed by atoms with Gasteiger partial charge in [-0.15, -0.1) is 0 Å². The summed E-state index contributed by atoms with van der Waals surface area (Å²) >= 11 is 0. The van der Waals surface area contributed by atoms with Gasteiger partial charge in [0.25, 0.3) is 0 Å². The van der Waals surface area contributed by atoms with E-state index >= 15 is 0 Å². The molecule has 0 saturated carbocycles. The Hall–Kier alpha value is -0.120. The predicted octanol–water partition coefficient (Wildman–Crippen LogP) is 1.88. The third-order valence-corrected chi connectivity index (χ3v) is 4.35. The van der Waals surface area contributed by atoms with Crippen LogP contribution in [0, 0.1) is 5.41 Å². The molecule has 0 aromatic carbocycles. The largest absolute Gasteiger partial charge is 0.377 e. The second-order valence-corrected chi connectivity index (χ2v) is 6.02. The Labute approximate surface area is 106 Å². The predicted molar refractivity (Wildman–Crippen MR) is 71.3 cm³/mol. The van der Waals surface area contributed by atoms with Crippen molar-refractivity contribution in [2.75, 3.05) is 39.3 Å². The van der Waals surface area contributed by atoms with Crippen molar-refractivity contribution in [1.82, 2.24) is 10.2 Å². The van der Waals surface area contributed by atoms with Gasteiger partial charge in [0.15, 0.2) is 0 Å². The first-order valence-corrected chi connectivity index (χ1v) is 7.26. The van der Waals surface area contributed by atoms with E-state index in [0.29, 0.717) is 11.5 Å². The topological polar surface area (TPSA) is 24.5 Å². The molecule has 2 fully saturated rings. The van der Waals surface area contributed by atoms with Gasteiger partial charge in [0.05, 0.1) is 6.10 Å². The van der Waals surface area contributed by atoms with E-state index in [-0.39, 0.29) is 0 Å². The summed E-state index contributed by atoms with van der Waals surface area (Å²) in [6.07, 6.45) is 5.64. The quantitative estimate of drug-likeness (QED) is 0.794. The van der Waals surface area contributed by atoms with Crippen LogP contribution < -0.4 is 5.32 Å². The average molecular weight is 240 g/mol. The maximum atomic E-state index is 5.75. The van der Waals surface area contributed by atoms with Crippen molar-refractivity contribution in [2.24, 2.45) is 5.41 Å². The Kier molecular flexibility index (Phi) is 4.83. The highest BCUT2D eigenvalue weighted by molar-refractivity contribution is 4.84. The van der Waals surface area contributed by atoms with Crippen molar-refractivity contribution in [3.05, 3.63) is 0 Å². The van der Waals surface area contributed by atoms with Crippen LogP contribution in [0.25, 0.3) is 0 Å². The highest BCUT2D eigenvalue weighted by Crippen LogP contribution is 2.29. The SMILES string of the molecule is CCN(CC1CCCO1)CC1(C)CCNCC1. The molecule has 0 spiro atoms. The second kappa shape index (κ2) is 6.17. The molecule has 100 valence electrons. The summed E-state index contributed by atoms with van der Waals surface area (Å²) in [6.45, 7) is 11.6. The Morgan fingerprint density at radius 3 is 2.71 bits per heavy atom. The highest BCUT2D eigenvalue weighted by Gasteiger charge is 2.29. The minimum Gasteiger partial charge on any atom is -0.377 e. The molecule has 0 radical (unpaired) electrons. The fourth-order valence-corrected chi connectivity index (χ4v) is 3.11. The zero-order valence-corrected chi connectivity index (χ0v) is 11.5. The molecule has 2 aliphatic heterocycles. The number of hydrogen-bond acceptors (Lipinski definition) is 3. The van der Waals surface area contributed by atoms with Gasteiger partial charge in [0.2, 0.25) is 0 Å². The van der Waals surface area contributed by atoms with E-state index in [1.165, 1.54) is 45.3 Å². The maximum Gasteiger partial charge on any atom is 0.0702 e. The summed E-state index contributed by atoms with van der Waals surface area (Å²) < 4.78 is 5.75. The van der Waals surface area contributed by atoms with E-state index in [1.807, 2.05) is 0 Å². The minimum absolute atomic E-state index is 0.500. The van der Waals surface area contributed by atoms with Gasteiger partial charge in [0.1, 0.15) is 0 Å². The molecule has 3 nitrogen and oxygen atoms in total. The summed E-state index contributed by atoms with van der Waals surface area (Å²) in [5.74, 6) is 0. The maximum absolute atomic E-state index is 5.75. The molecule has 0 amide bonds. The third kappa shape index (κ3) is 3.94. The van der Waals surface area contributed by atoms with Gasteiger partial charge in [0, 0.05) is 19.7 Å². The lowest BCUT2D eigenvalue weighted by molar-refractivity contribution is 0.0521. The lowest BCUT2D eigenvalue weighted by atomic mass is 9.80. The molecule has 3 heteroatoms. The van der Waals surface area contributed by atoms with Crippen molar-refractivity contribution in [2.45, 2.75) is 45.6 Å². The standard InChI is InChI=1S/C14H28N2O/c1-3-16(11-13-5-4-10-17-13)12-14(2)6-8-15-9-7-14/h13,15H,3-12H2,1-2H3. The van der Waals surface area contributed by atoms with Crippen LogP contribution in [0.2, 0.25) is 0 Å². The molecule has 0 bridgehead atoms. The van der Waals surface area contributed by atoms with Crippen molar-refractivity contribution < 1.29 is 4.74 Å². The molecule has 0 aliphatic carbocycles. The molecule has 2 heterocycles. The first-order chi connectivity index (χ1) is 8.22. The van der Waals surface area contributed by atoms with Crippen LogP contribution >= 0.6 is 0 Å². The highest BCUT2D eigenvalue weighted by atomic mass is 16.5. The van der Waals surface area contributed by atoms with Gasteiger partial charge in [-0.3, -0.25) is 0 Å². The molecule has 2 rings (SSSR count). The number of nitrogens with one attached hydrogen (secondary N) is 1. The van der Waals surface area contributed by atoms with Crippen molar-refractivity contribution in [1.29, 1.82) is 0 Å². The number of piperidine rings is 1. The van der Waals surface area contributed by atoms with E-state index in [1.54, 1.807) is 0 Å². The van der Waals surface area contributed by atoms with Gasteiger partial charge >= 0.3 is 0 Å². The fourth-order valence-electron chi connectivity index (χ4n) is 3.11. The lowest BCUT2D eigenvalue weighted by Crippen LogP contribution is -2.45. The number of hydrogen-bond donors (Lipinski definition) is 1. The fraction of sp³-hybridized carbons (Fsp3) is 1.00. The lowest BCUT2D eigenvalue weighted by Gasteiger charge is -2.39. The van der Waals surface area contributed by atoms with E-state index in [2.05, 4.69) is 24.1 Å². The Balaban J connectivity index is 1.80. The summed E-state index contributed by atoms with van der Waals surface area (Å²) in [5, 5.41) is 3.46. The van der Waals surface area contributed by atoms with E-state index in [4.69, 9.17) is 4.74 Å². The minimum atomic E-state index is 0.500. The van der Waals surface area contributed by atoms with Gasteiger partial charge in [-0.25, -0.2) is 0 Å². The normalized spacial score (nSPS) is 28.8. The zero-order chi connectivity index (χ0) is 12.1. The zero-order valence-electron chi connectivity index (χ0n) is 11.5. The molecule has 0 aromatic rings. The second-order valence-electron chi connectivity index (χ2n) is 6.02. The third-order valence-electron chi connectivity index (χ3n) is 4.35. The smallest absolute Gasteiger partial charge is 0.0702 e. The summed E-state index contributed by atoms with van der Waals surface area (Å²) in [6, 6.07) is 0. The monoisotopic (exact) mass is 240 g/mol. The molecule has 2 aliphatic rings. The molecule has 1 unspecified atom stereocenters. The average Bonchev–Trinajstić information content (AvgIpc) is 2.81. The van der Waals surface area contributed by atoms with Crippen LogP contribution in [0.4, 0.5) is 0 Å². The number of ether oxygens (including phenoxy) is 1.